The second-order valence-corrected chi connectivity index (χ2v) is 5.07. The first-order valence-corrected chi connectivity index (χ1v) is 6.90. The average molecular weight is 272 g/mol. The molecule has 1 aliphatic rings. The number of amides is 1. The Labute approximate surface area is 114 Å². The Bertz CT molecular complexity index is 604. The Balaban J connectivity index is 1.73. The number of nitrogens with zero attached hydrogens (tertiary/aromatic N) is 3. The highest BCUT2D eigenvalue weighted by Crippen LogP contribution is 2.11. The van der Waals surface area contributed by atoms with E-state index in [0.717, 1.165) is 18.0 Å². The molecule has 96 valence electrons. The van der Waals surface area contributed by atoms with E-state index in [4.69, 9.17) is 0 Å². The Hall–Kier alpha value is -2.08. The predicted molar refractivity (Wildman–Crippen MR) is 75.8 cm³/mol. The van der Waals surface area contributed by atoms with Crippen LogP contribution in [0, 0.1) is 0 Å². The van der Waals surface area contributed by atoms with Crippen LogP contribution >= 0.6 is 11.8 Å². The van der Waals surface area contributed by atoms with Crippen LogP contribution in [0.3, 0.4) is 0 Å². The van der Waals surface area contributed by atoms with E-state index in [0.29, 0.717) is 10.7 Å². The van der Waals surface area contributed by atoms with Crippen molar-refractivity contribution in [3.05, 3.63) is 48.3 Å². The zero-order valence-electron chi connectivity index (χ0n) is 10.1. The van der Waals surface area contributed by atoms with Crippen LogP contribution in [0.4, 0.5) is 0 Å². The van der Waals surface area contributed by atoms with Gasteiger partial charge in [0.25, 0.3) is 5.91 Å². The van der Waals surface area contributed by atoms with Gasteiger partial charge in [0.2, 0.25) is 0 Å². The highest BCUT2D eigenvalue weighted by molar-refractivity contribution is 8.14. The Morgan fingerprint density at radius 3 is 2.79 bits per heavy atom. The Morgan fingerprint density at radius 1 is 1.32 bits per heavy atom. The number of aliphatic imine (C=N–C) groups is 1. The molecule has 3 rings (SSSR count). The summed E-state index contributed by atoms with van der Waals surface area (Å²) in [7, 11) is 0. The number of thioether (sulfide) groups is 1. The minimum absolute atomic E-state index is 0.125. The van der Waals surface area contributed by atoms with E-state index >= 15 is 0 Å². The van der Waals surface area contributed by atoms with Gasteiger partial charge in [0, 0.05) is 23.7 Å². The van der Waals surface area contributed by atoms with Crippen LogP contribution in [0.15, 0.2) is 47.7 Å². The van der Waals surface area contributed by atoms with Crippen molar-refractivity contribution in [2.24, 2.45) is 4.99 Å². The molecule has 1 amide bonds. The van der Waals surface area contributed by atoms with Gasteiger partial charge in [-0.15, -0.1) is 0 Å². The summed E-state index contributed by atoms with van der Waals surface area (Å²) in [6, 6.07) is 9.16. The van der Waals surface area contributed by atoms with Gasteiger partial charge in [-0.1, -0.05) is 11.8 Å². The molecule has 0 saturated carbocycles. The maximum absolute atomic E-state index is 12.0. The molecule has 0 radical (unpaired) electrons. The summed E-state index contributed by atoms with van der Waals surface area (Å²) in [4.78, 5) is 16.2. The Kier molecular flexibility index (Phi) is 3.33. The zero-order valence-corrected chi connectivity index (χ0v) is 10.9. The van der Waals surface area contributed by atoms with Crippen molar-refractivity contribution in [1.82, 2.24) is 15.1 Å². The molecule has 2 aromatic rings. The monoisotopic (exact) mass is 272 g/mol. The molecule has 19 heavy (non-hydrogen) atoms. The molecule has 6 heteroatoms. The van der Waals surface area contributed by atoms with Crippen LogP contribution in [0.1, 0.15) is 10.4 Å². The van der Waals surface area contributed by atoms with Crippen LogP contribution < -0.4 is 5.32 Å². The molecule has 2 heterocycles. The second kappa shape index (κ2) is 5.27. The number of rotatable bonds is 2. The van der Waals surface area contributed by atoms with E-state index in [1.54, 1.807) is 34.8 Å². The molecule has 0 spiro atoms. The van der Waals surface area contributed by atoms with Gasteiger partial charge < -0.3 is 5.32 Å². The molecule has 1 aromatic carbocycles. The minimum Gasteiger partial charge on any atom is -0.301 e. The van der Waals surface area contributed by atoms with E-state index in [1.807, 2.05) is 24.4 Å². The van der Waals surface area contributed by atoms with Crippen molar-refractivity contribution in [2.75, 3.05) is 12.3 Å². The molecule has 1 aliphatic heterocycles. The first-order chi connectivity index (χ1) is 9.33. The zero-order chi connectivity index (χ0) is 13.1. The quantitative estimate of drug-likeness (QED) is 0.905. The largest absolute Gasteiger partial charge is 0.301 e. The lowest BCUT2D eigenvalue weighted by Gasteiger charge is -2.05. The lowest BCUT2D eigenvalue weighted by molar-refractivity contribution is 0.0978. The van der Waals surface area contributed by atoms with Crippen LogP contribution in [0.2, 0.25) is 0 Å². The van der Waals surface area contributed by atoms with Crippen LogP contribution in [-0.2, 0) is 0 Å². The normalized spacial score (nSPS) is 14.2. The third-order valence-corrected chi connectivity index (χ3v) is 3.60. The summed E-state index contributed by atoms with van der Waals surface area (Å²) >= 11 is 1.57. The van der Waals surface area contributed by atoms with Gasteiger partial charge in [-0.2, -0.15) is 5.10 Å². The molecule has 0 atom stereocenters. The number of carbonyl (C=O) groups is 1. The number of amidine groups is 1. The number of carbonyl (C=O) groups excluding carboxylic acids is 1. The molecule has 0 unspecified atom stereocenters. The topological polar surface area (TPSA) is 59.3 Å². The van der Waals surface area contributed by atoms with E-state index in [1.165, 1.54) is 0 Å². The summed E-state index contributed by atoms with van der Waals surface area (Å²) in [6.45, 7) is 0.776. The standard InChI is InChI=1S/C13H12N4OS/c18-12(16-13-14-7-9-19-13)10-2-4-11(5-3-10)17-8-1-6-15-17/h1-6,8H,7,9H2,(H,14,16,18). The van der Waals surface area contributed by atoms with E-state index in [9.17, 15) is 4.79 Å². The summed E-state index contributed by atoms with van der Waals surface area (Å²) in [6.07, 6.45) is 3.58. The first kappa shape index (κ1) is 12.0. The van der Waals surface area contributed by atoms with Crippen LogP contribution in [0.5, 0.6) is 0 Å². The Morgan fingerprint density at radius 2 is 2.16 bits per heavy atom. The predicted octanol–water partition coefficient (Wildman–Crippen LogP) is 1.70. The van der Waals surface area contributed by atoms with Gasteiger partial charge in [-0.05, 0) is 30.3 Å². The van der Waals surface area contributed by atoms with E-state index < -0.39 is 0 Å². The molecule has 0 fully saturated rings. The molecule has 0 saturated heterocycles. The van der Waals surface area contributed by atoms with Gasteiger partial charge in [0.15, 0.2) is 5.17 Å². The molecular weight excluding hydrogens is 260 g/mol. The average Bonchev–Trinajstić information content (AvgIpc) is 3.12. The summed E-state index contributed by atoms with van der Waals surface area (Å²) < 4.78 is 1.75. The van der Waals surface area contributed by atoms with Crippen molar-refractivity contribution in [2.45, 2.75) is 0 Å². The highest BCUT2D eigenvalue weighted by atomic mass is 32.2. The van der Waals surface area contributed by atoms with Crippen molar-refractivity contribution < 1.29 is 4.79 Å². The summed E-state index contributed by atoms with van der Waals surface area (Å²) in [5.41, 5.74) is 1.54. The van der Waals surface area contributed by atoms with Gasteiger partial charge in [0.1, 0.15) is 0 Å². The fourth-order valence-corrected chi connectivity index (χ4v) is 2.49. The maximum Gasteiger partial charge on any atom is 0.257 e. The molecule has 5 nitrogen and oxygen atoms in total. The van der Waals surface area contributed by atoms with Crippen molar-refractivity contribution in [1.29, 1.82) is 0 Å². The van der Waals surface area contributed by atoms with E-state index in [2.05, 4.69) is 15.4 Å². The fraction of sp³-hybridized carbons (Fsp3) is 0.154. The van der Waals surface area contributed by atoms with Crippen molar-refractivity contribution in [3.63, 3.8) is 0 Å². The SMILES string of the molecule is O=C(NC1=NCCS1)c1ccc(-n2cccn2)cc1. The van der Waals surface area contributed by atoms with Crippen LogP contribution in [-0.4, -0.2) is 33.2 Å². The fourth-order valence-electron chi connectivity index (χ4n) is 1.77. The number of benzene rings is 1. The molecule has 0 aliphatic carbocycles. The number of nitrogens with one attached hydrogen (secondary N) is 1. The minimum atomic E-state index is -0.125. The molecule has 1 aromatic heterocycles. The van der Waals surface area contributed by atoms with Crippen LogP contribution in [0.25, 0.3) is 5.69 Å². The second-order valence-electron chi connectivity index (χ2n) is 3.99. The van der Waals surface area contributed by atoms with Crippen molar-refractivity contribution >= 4 is 22.8 Å². The first-order valence-electron chi connectivity index (χ1n) is 5.91. The third kappa shape index (κ3) is 2.68. The summed E-state index contributed by atoms with van der Waals surface area (Å²) in [5, 5.41) is 7.65. The third-order valence-electron chi connectivity index (χ3n) is 2.70. The number of aromatic nitrogens is 2. The van der Waals surface area contributed by atoms with Crippen molar-refractivity contribution in [3.8, 4) is 5.69 Å². The van der Waals surface area contributed by atoms with Gasteiger partial charge in [-0.3, -0.25) is 9.79 Å². The number of hydrogen-bond donors (Lipinski definition) is 1. The van der Waals surface area contributed by atoms with Gasteiger partial charge >= 0.3 is 0 Å². The van der Waals surface area contributed by atoms with Gasteiger partial charge in [-0.25, -0.2) is 4.68 Å². The number of hydrogen-bond acceptors (Lipinski definition) is 4. The van der Waals surface area contributed by atoms with E-state index in [-0.39, 0.29) is 5.91 Å². The lowest BCUT2D eigenvalue weighted by Crippen LogP contribution is -2.27. The maximum atomic E-state index is 12.0. The highest BCUT2D eigenvalue weighted by Gasteiger charge is 2.12. The van der Waals surface area contributed by atoms with Gasteiger partial charge in [0.05, 0.1) is 12.2 Å². The smallest absolute Gasteiger partial charge is 0.257 e. The lowest BCUT2D eigenvalue weighted by atomic mass is 10.2. The molecular formula is C13H12N4OS. The molecule has 1 N–H and O–H groups in total. The molecule has 0 bridgehead atoms. The summed E-state index contributed by atoms with van der Waals surface area (Å²) in [5.74, 6) is 0.813.